The zero-order valence-corrected chi connectivity index (χ0v) is 14.9. The van der Waals surface area contributed by atoms with Crippen molar-refractivity contribution in [1.29, 1.82) is 0 Å². The Labute approximate surface area is 149 Å². The molecule has 0 amide bonds. The molecule has 1 aliphatic heterocycles. The first-order valence-corrected chi connectivity index (χ1v) is 9.23. The van der Waals surface area contributed by atoms with Gasteiger partial charge in [-0.05, 0) is 42.7 Å². The Kier molecular flexibility index (Phi) is 6.10. The summed E-state index contributed by atoms with van der Waals surface area (Å²) in [5, 5.41) is 0. The first-order valence-electron chi connectivity index (χ1n) is 7.75. The van der Waals surface area contributed by atoms with Crippen molar-refractivity contribution in [2.24, 2.45) is 0 Å². The molecule has 0 aromatic heterocycles. The third kappa shape index (κ3) is 4.01. The molecule has 0 aliphatic carbocycles. The molecule has 5 nitrogen and oxygen atoms in total. The fraction of sp³-hybridized carbons (Fsp3) is 0.294. The molecule has 0 saturated heterocycles. The summed E-state index contributed by atoms with van der Waals surface area (Å²) in [6.45, 7) is 1.91. The van der Waals surface area contributed by atoms with Gasteiger partial charge in [0.2, 0.25) is 10.0 Å². The number of nitrogen functional groups attached to an aromatic ring is 1. The molecule has 0 spiro atoms. The van der Waals surface area contributed by atoms with Crippen molar-refractivity contribution in [2.45, 2.75) is 17.7 Å². The zero-order chi connectivity index (χ0) is 16.3. The van der Waals surface area contributed by atoms with Crippen LogP contribution in [-0.2, 0) is 16.4 Å². The van der Waals surface area contributed by atoms with Crippen LogP contribution in [0.3, 0.4) is 0 Å². The van der Waals surface area contributed by atoms with E-state index in [2.05, 4.69) is 15.7 Å². The minimum atomic E-state index is -3.45. The van der Waals surface area contributed by atoms with E-state index >= 15 is 0 Å². The lowest BCUT2D eigenvalue weighted by atomic mass is 10.00. The van der Waals surface area contributed by atoms with Gasteiger partial charge in [-0.1, -0.05) is 24.3 Å². The van der Waals surface area contributed by atoms with Gasteiger partial charge in [0.1, 0.15) is 0 Å². The van der Waals surface area contributed by atoms with E-state index in [4.69, 9.17) is 5.73 Å². The van der Waals surface area contributed by atoms with Gasteiger partial charge in [0.25, 0.3) is 0 Å². The first kappa shape index (κ1) is 18.6. The number of nitrogens with one attached hydrogen (secondary N) is 1. The number of nitrogens with two attached hydrogens (primary N) is 1. The van der Waals surface area contributed by atoms with Crippen LogP contribution >= 0.6 is 12.4 Å². The highest BCUT2D eigenvalue weighted by atomic mass is 35.5. The van der Waals surface area contributed by atoms with E-state index in [1.807, 2.05) is 12.1 Å². The zero-order valence-electron chi connectivity index (χ0n) is 13.3. The molecule has 0 atom stereocenters. The fourth-order valence-corrected chi connectivity index (χ4v) is 4.00. The van der Waals surface area contributed by atoms with E-state index in [-0.39, 0.29) is 12.4 Å². The van der Waals surface area contributed by atoms with Gasteiger partial charge >= 0.3 is 0 Å². The van der Waals surface area contributed by atoms with Crippen molar-refractivity contribution in [2.75, 3.05) is 30.3 Å². The van der Waals surface area contributed by atoms with Crippen LogP contribution in [0, 0.1) is 0 Å². The monoisotopic (exact) mass is 367 g/mol. The molecule has 7 heteroatoms. The maximum atomic E-state index is 12.2. The molecule has 3 N–H and O–H groups in total. The normalized spacial score (nSPS) is 13.9. The molecule has 1 heterocycles. The molecule has 1 aliphatic rings. The SMILES string of the molecule is Cl.Nc1cccc2c1CCCN2CCNS(=O)(=O)c1ccccc1. The van der Waals surface area contributed by atoms with Crippen molar-refractivity contribution in [3.05, 3.63) is 54.1 Å². The number of benzene rings is 2. The molecule has 130 valence electrons. The molecule has 0 bridgehead atoms. The highest BCUT2D eigenvalue weighted by Gasteiger charge is 2.19. The summed E-state index contributed by atoms with van der Waals surface area (Å²) >= 11 is 0. The minimum absolute atomic E-state index is 0. The molecule has 3 rings (SSSR count). The summed E-state index contributed by atoms with van der Waals surface area (Å²) in [5.41, 5.74) is 9.15. The summed E-state index contributed by atoms with van der Waals surface area (Å²) < 4.78 is 27.1. The largest absolute Gasteiger partial charge is 0.398 e. The lowest BCUT2D eigenvalue weighted by Gasteiger charge is -2.32. The highest BCUT2D eigenvalue weighted by molar-refractivity contribution is 7.89. The Bertz CT molecular complexity index is 782. The molecule has 0 radical (unpaired) electrons. The number of hydrogen-bond donors (Lipinski definition) is 2. The summed E-state index contributed by atoms with van der Waals surface area (Å²) in [5.74, 6) is 0. The van der Waals surface area contributed by atoms with Crippen LogP contribution in [-0.4, -0.2) is 28.1 Å². The van der Waals surface area contributed by atoms with Gasteiger partial charge in [-0.3, -0.25) is 0 Å². The number of hydrogen-bond acceptors (Lipinski definition) is 4. The lowest BCUT2D eigenvalue weighted by molar-refractivity contribution is 0.579. The van der Waals surface area contributed by atoms with Gasteiger partial charge in [0, 0.05) is 31.0 Å². The smallest absolute Gasteiger partial charge is 0.240 e. The maximum Gasteiger partial charge on any atom is 0.240 e. The van der Waals surface area contributed by atoms with Crippen LogP contribution in [0.2, 0.25) is 0 Å². The van der Waals surface area contributed by atoms with Crippen LogP contribution in [0.4, 0.5) is 11.4 Å². The number of fused-ring (bicyclic) bond motifs is 1. The van der Waals surface area contributed by atoms with Crippen LogP contribution in [0.1, 0.15) is 12.0 Å². The Morgan fingerprint density at radius 2 is 1.83 bits per heavy atom. The Hall–Kier alpha value is -1.76. The van der Waals surface area contributed by atoms with Gasteiger partial charge in [0.15, 0.2) is 0 Å². The average molecular weight is 368 g/mol. The van der Waals surface area contributed by atoms with E-state index in [9.17, 15) is 8.42 Å². The van der Waals surface area contributed by atoms with Gasteiger partial charge in [-0.2, -0.15) is 0 Å². The van der Waals surface area contributed by atoms with Gasteiger partial charge in [-0.15, -0.1) is 12.4 Å². The van der Waals surface area contributed by atoms with E-state index in [1.54, 1.807) is 30.3 Å². The second-order valence-corrected chi connectivity index (χ2v) is 7.41. The molecule has 24 heavy (non-hydrogen) atoms. The van der Waals surface area contributed by atoms with Gasteiger partial charge in [-0.25, -0.2) is 13.1 Å². The average Bonchev–Trinajstić information content (AvgIpc) is 2.56. The van der Waals surface area contributed by atoms with Crippen molar-refractivity contribution in [1.82, 2.24) is 4.72 Å². The van der Waals surface area contributed by atoms with Crippen molar-refractivity contribution in [3.63, 3.8) is 0 Å². The topological polar surface area (TPSA) is 75.4 Å². The summed E-state index contributed by atoms with van der Waals surface area (Å²) in [6, 6.07) is 14.3. The quantitative estimate of drug-likeness (QED) is 0.796. The maximum absolute atomic E-state index is 12.2. The number of sulfonamides is 1. The molecule has 0 fully saturated rings. The Balaban J connectivity index is 0.00000208. The van der Waals surface area contributed by atoms with E-state index in [0.29, 0.717) is 18.0 Å². The number of rotatable bonds is 5. The van der Waals surface area contributed by atoms with Crippen molar-refractivity contribution >= 4 is 33.8 Å². The molecule has 2 aromatic carbocycles. The minimum Gasteiger partial charge on any atom is -0.398 e. The number of nitrogens with zero attached hydrogens (tertiary/aromatic N) is 1. The van der Waals surface area contributed by atoms with Crippen LogP contribution < -0.4 is 15.4 Å². The summed E-state index contributed by atoms with van der Waals surface area (Å²) in [6.07, 6.45) is 2.01. The molecular formula is C17H22ClN3O2S. The summed E-state index contributed by atoms with van der Waals surface area (Å²) in [7, 11) is -3.45. The third-order valence-electron chi connectivity index (χ3n) is 4.11. The second kappa shape index (κ2) is 7.88. The first-order chi connectivity index (χ1) is 11.1. The van der Waals surface area contributed by atoms with E-state index < -0.39 is 10.0 Å². The Morgan fingerprint density at radius 3 is 2.58 bits per heavy atom. The molecule has 2 aromatic rings. The standard InChI is InChI=1S/C17H21N3O2S.ClH/c18-16-9-4-10-17-15(16)8-5-12-20(17)13-11-19-23(21,22)14-6-2-1-3-7-14;/h1-4,6-7,9-10,19H,5,8,11-13,18H2;1H. The van der Waals surface area contributed by atoms with Crippen molar-refractivity contribution < 1.29 is 8.42 Å². The Morgan fingerprint density at radius 1 is 1.08 bits per heavy atom. The predicted octanol–water partition coefficient (Wildman–Crippen LogP) is 2.42. The second-order valence-electron chi connectivity index (χ2n) is 5.65. The third-order valence-corrected chi connectivity index (χ3v) is 5.59. The summed E-state index contributed by atoms with van der Waals surface area (Å²) in [4.78, 5) is 2.49. The van der Waals surface area contributed by atoms with Crippen LogP contribution in [0.15, 0.2) is 53.4 Å². The van der Waals surface area contributed by atoms with Crippen molar-refractivity contribution in [3.8, 4) is 0 Å². The van der Waals surface area contributed by atoms with Gasteiger partial charge < -0.3 is 10.6 Å². The van der Waals surface area contributed by atoms with E-state index in [0.717, 1.165) is 30.8 Å². The molecular weight excluding hydrogens is 346 g/mol. The lowest BCUT2D eigenvalue weighted by Crippen LogP contribution is -2.37. The fourth-order valence-electron chi connectivity index (χ4n) is 2.96. The van der Waals surface area contributed by atoms with E-state index in [1.165, 1.54) is 5.56 Å². The number of anilines is 2. The molecule has 0 unspecified atom stereocenters. The number of halogens is 1. The predicted molar refractivity (Wildman–Crippen MR) is 100 cm³/mol. The van der Waals surface area contributed by atoms with Crippen LogP contribution in [0.25, 0.3) is 0 Å². The molecule has 0 saturated carbocycles. The van der Waals surface area contributed by atoms with Crippen LogP contribution in [0.5, 0.6) is 0 Å². The van der Waals surface area contributed by atoms with Gasteiger partial charge in [0.05, 0.1) is 4.90 Å². The highest BCUT2D eigenvalue weighted by Crippen LogP contribution is 2.30.